The molecule has 6 heteroatoms. The van der Waals surface area contributed by atoms with Crippen LogP contribution in [-0.2, 0) is 9.53 Å². The number of carbonyl (C=O) groups excluding carboxylic acids is 1. The zero-order valence-electron chi connectivity index (χ0n) is 17.4. The van der Waals surface area contributed by atoms with E-state index in [2.05, 4.69) is 6.92 Å². The summed E-state index contributed by atoms with van der Waals surface area (Å²) in [5.41, 5.74) is -1.50. The summed E-state index contributed by atoms with van der Waals surface area (Å²) in [6.07, 6.45) is 7.78. The zero-order valence-corrected chi connectivity index (χ0v) is 17.4. The summed E-state index contributed by atoms with van der Waals surface area (Å²) in [5, 5.41) is 21.8. The molecule has 4 aliphatic carbocycles. The second-order valence-electron chi connectivity index (χ2n) is 10.9. The smallest absolute Gasteiger partial charge is 0.335 e. The van der Waals surface area contributed by atoms with Crippen molar-refractivity contribution in [1.29, 1.82) is 0 Å². The summed E-state index contributed by atoms with van der Waals surface area (Å²) in [6.45, 7) is 2.31. The minimum absolute atomic E-state index is 0.0769. The molecule has 6 rings (SSSR count). The van der Waals surface area contributed by atoms with E-state index in [1.165, 1.54) is 6.07 Å². The summed E-state index contributed by atoms with van der Waals surface area (Å²) in [5.74, 6) is 0.595. The molecule has 1 aliphatic heterocycles. The summed E-state index contributed by atoms with van der Waals surface area (Å²) < 4.78 is 11.7. The first-order chi connectivity index (χ1) is 14.3. The third-order valence-corrected chi connectivity index (χ3v) is 10.1. The Kier molecular flexibility index (Phi) is 3.74. The van der Waals surface area contributed by atoms with Gasteiger partial charge in [-0.1, -0.05) is 6.92 Å². The van der Waals surface area contributed by atoms with Crippen molar-refractivity contribution in [2.75, 3.05) is 0 Å². The Morgan fingerprint density at radius 1 is 1.13 bits per heavy atom. The second kappa shape index (κ2) is 5.84. The molecule has 0 radical (unpaired) electrons. The number of rotatable bonds is 2. The first-order valence-electron chi connectivity index (χ1n) is 11.4. The van der Waals surface area contributed by atoms with Crippen LogP contribution in [0.5, 0.6) is 0 Å². The van der Waals surface area contributed by atoms with Gasteiger partial charge >= 0.3 is 5.63 Å². The molecule has 0 amide bonds. The van der Waals surface area contributed by atoms with Crippen molar-refractivity contribution >= 4 is 6.29 Å². The molecule has 30 heavy (non-hydrogen) atoms. The van der Waals surface area contributed by atoms with Gasteiger partial charge in [0.15, 0.2) is 0 Å². The van der Waals surface area contributed by atoms with E-state index < -0.39 is 17.1 Å². The lowest BCUT2D eigenvalue weighted by Gasteiger charge is -2.62. The lowest BCUT2D eigenvalue weighted by molar-refractivity contribution is -0.218. The maximum atomic E-state index is 12.6. The average Bonchev–Trinajstić information content (AvgIpc) is 3.38. The zero-order chi connectivity index (χ0) is 20.9. The van der Waals surface area contributed by atoms with Crippen molar-refractivity contribution in [3.05, 3.63) is 34.4 Å². The maximum absolute atomic E-state index is 12.6. The fourth-order valence-electron chi connectivity index (χ4n) is 8.69. The Bertz CT molecular complexity index is 937. The van der Waals surface area contributed by atoms with E-state index in [1.807, 2.05) is 6.07 Å². The van der Waals surface area contributed by atoms with Crippen molar-refractivity contribution in [2.24, 2.45) is 22.7 Å². The number of aliphatic hydroxyl groups is 2. The molecule has 1 aromatic rings. The average molecular weight is 414 g/mol. The first-order valence-corrected chi connectivity index (χ1v) is 11.4. The SMILES string of the molecule is C[C@]12CCC3C(CC[C@]4(O)C[C@@H](O)CC[C@]34C=O)[C@]13O[C@@H]3C[C@@H]2c1ccc(=O)oc1. The van der Waals surface area contributed by atoms with Crippen LogP contribution in [0.25, 0.3) is 0 Å². The molecular formula is C24H30O6. The van der Waals surface area contributed by atoms with Crippen LogP contribution >= 0.6 is 0 Å². The predicted molar refractivity (Wildman–Crippen MR) is 107 cm³/mol. The van der Waals surface area contributed by atoms with Gasteiger partial charge in [0.1, 0.15) is 11.9 Å². The molecule has 2 heterocycles. The maximum Gasteiger partial charge on any atom is 0.335 e. The Balaban J connectivity index is 1.39. The van der Waals surface area contributed by atoms with Crippen LogP contribution < -0.4 is 5.63 Å². The molecule has 5 fully saturated rings. The van der Waals surface area contributed by atoms with Gasteiger partial charge in [0.05, 0.1) is 29.5 Å². The molecule has 2 unspecified atom stereocenters. The van der Waals surface area contributed by atoms with E-state index in [9.17, 15) is 19.8 Å². The van der Waals surface area contributed by atoms with E-state index in [-0.39, 0.29) is 40.5 Å². The van der Waals surface area contributed by atoms with Crippen molar-refractivity contribution in [1.82, 2.24) is 0 Å². The molecular weight excluding hydrogens is 384 g/mol. The highest BCUT2D eigenvalue weighted by atomic mass is 16.6. The molecule has 162 valence electrons. The van der Waals surface area contributed by atoms with Crippen molar-refractivity contribution < 1.29 is 24.2 Å². The van der Waals surface area contributed by atoms with Crippen LogP contribution in [0.3, 0.4) is 0 Å². The lowest BCUT2D eigenvalue weighted by Crippen LogP contribution is -2.66. The Morgan fingerprint density at radius 3 is 2.67 bits per heavy atom. The fraction of sp³-hybridized carbons (Fsp3) is 0.750. The molecule has 5 aliphatic rings. The third-order valence-electron chi connectivity index (χ3n) is 10.1. The number of hydrogen-bond acceptors (Lipinski definition) is 6. The van der Waals surface area contributed by atoms with Gasteiger partial charge in [-0.15, -0.1) is 0 Å². The molecule has 1 spiro atoms. The van der Waals surface area contributed by atoms with Crippen LogP contribution in [0.4, 0.5) is 0 Å². The van der Waals surface area contributed by atoms with Crippen LogP contribution in [-0.4, -0.2) is 39.9 Å². The highest BCUT2D eigenvalue weighted by molar-refractivity contribution is 5.64. The van der Waals surface area contributed by atoms with Crippen LogP contribution in [0, 0.1) is 22.7 Å². The molecule has 4 saturated carbocycles. The van der Waals surface area contributed by atoms with Gasteiger partial charge in [-0.3, -0.25) is 0 Å². The molecule has 1 aromatic heterocycles. The summed E-state index contributed by atoms with van der Waals surface area (Å²) in [4.78, 5) is 24.0. The molecule has 9 atom stereocenters. The fourth-order valence-corrected chi connectivity index (χ4v) is 8.69. The van der Waals surface area contributed by atoms with E-state index in [4.69, 9.17) is 9.15 Å². The number of carbonyl (C=O) groups is 1. The number of hydrogen-bond donors (Lipinski definition) is 2. The summed E-state index contributed by atoms with van der Waals surface area (Å²) >= 11 is 0. The molecule has 2 N–H and O–H groups in total. The Labute approximate surface area is 175 Å². The van der Waals surface area contributed by atoms with Crippen molar-refractivity contribution in [2.45, 2.75) is 87.6 Å². The Morgan fingerprint density at radius 2 is 1.93 bits per heavy atom. The van der Waals surface area contributed by atoms with Crippen molar-refractivity contribution in [3.8, 4) is 0 Å². The van der Waals surface area contributed by atoms with Gasteiger partial charge in [0.25, 0.3) is 0 Å². The minimum atomic E-state index is -1.11. The van der Waals surface area contributed by atoms with E-state index in [0.29, 0.717) is 25.7 Å². The second-order valence-corrected chi connectivity index (χ2v) is 10.9. The highest BCUT2D eigenvalue weighted by Gasteiger charge is 2.81. The van der Waals surface area contributed by atoms with Gasteiger partial charge in [0.2, 0.25) is 0 Å². The predicted octanol–water partition coefficient (Wildman–Crippen LogP) is 2.55. The van der Waals surface area contributed by atoms with Crippen LogP contribution in [0.2, 0.25) is 0 Å². The van der Waals surface area contributed by atoms with E-state index in [1.54, 1.807) is 6.26 Å². The minimum Gasteiger partial charge on any atom is -0.431 e. The van der Waals surface area contributed by atoms with Gasteiger partial charge in [0, 0.05) is 17.9 Å². The number of ether oxygens (including phenoxy) is 1. The molecule has 0 bridgehead atoms. The summed E-state index contributed by atoms with van der Waals surface area (Å²) in [6, 6.07) is 3.39. The van der Waals surface area contributed by atoms with E-state index in [0.717, 1.165) is 37.5 Å². The highest BCUT2D eigenvalue weighted by Crippen LogP contribution is 2.78. The molecule has 0 aromatic carbocycles. The quantitative estimate of drug-likeness (QED) is 0.570. The number of fused-ring (bicyclic) bond motifs is 3. The standard InChI is InChI=1S/C24H30O6/c1-21-7-5-16-17(6-9-23(28)11-15(26)4-8-22(16,23)13-25)24(21)19(30-24)10-18(21)14-2-3-20(27)29-12-14/h2-3,12-13,15-19,26,28H,4-11H2,1H3/t15-,16?,17?,18+,19+,21+,22-,23-,24+/m0/s1. The van der Waals surface area contributed by atoms with Gasteiger partial charge in [-0.05, 0) is 74.3 Å². The normalized spacial score (nSPS) is 53.8. The molecule has 1 saturated heterocycles. The van der Waals surface area contributed by atoms with Crippen LogP contribution in [0.1, 0.15) is 69.8 Å². The van der Waals surface area contributed by atoms with Gasteiger partial charge < -0.3 is 24.2 Å². The topological polar surface area (TPSA) is 100 Å². The van der Waals surface area contributed by atoms with Crippen LogP contribution in [0.15, 0.2) is 27.6 Å². The third kappa shape index (κ3) is 2.06. The largest absolute Gasteiger partial charge is 0.431 e. The number of aliphatic hydroxyl groups excluding tert-OH is 1. The summed E-state index contributed by atoms with van der Waals surface area (Å²) in [7, 11) is 0. The van der Waals surface area contributed by atoms with Gasteiger partial charge in [-0.25, -0.2) is 4.79 Å². The Hall–Kier alpha value is -1.50. The molecule has 6 nitrogen and oxygen atoms in total. The monoisotopic (exact) mass is 414 g/mol. The number of epoxide rings is 1. The first kappa shape index (κ1) is 19.2. The van der Waals surface area contributed by atoms with E-state index >= 15 is 0 Å². The lowest BCUT2D eigenvalue weighted by atomic mass is 9.42. The van der Waals surface area contributed by atoms with Crippen molar-refractivity contribution in [3.63, 3.8) is 0 Å². The number of aldehydes is 1. The van der Waals surface area contributed by atoms with Gasteiger partial charge in [-0.2, -0.15) is 0 Å².